The van der Waals surface area contributed by atoms with Crippen LogP contribution in [-0.4, -0.2) is 74.1 Å². The van der Waals surface area contributed by atoms with Gasteiger partial charge in [0.25, 0.3) is 0 Å². The molecule has 2 unspecified atom stereocenters. The average molecular weight is 1690 g/mol. The molecule has 0 spiro atoms. The molecule has 0 saturated carbocycles. The molecule has 0 saturated heterocycles. The third-order valence-electron chi connectivity index (χ3n) is 19.6. The van der Waals surface area contributed by atoms with Gasteiger partial charge >= 0.3 is 74.1 Å². The van der Waals surface area contributed by atoms with Crippen molar-refractivity contribution in [1.29, 1.82) is 0 Å². The number of hydrogen-bond donors (Lipinski definition) is 0. The third kappa shape index (κ3) is 66.3. The van der Waals surface area contributed by atoms with Crippen molar-refractivity contribution < 1.29 is 158 Å². The second kappa shape index (κ2) is 52.9. The summed E-state index contributed by atoms with van der Waals surface area (Å²) in [4.78, 5) is 0. The van der Waals surface area contributed by atoms with Gasteiger partial charge in [0.05, 0.1) is 28.1 Å². The summed E-state index contributed by atoms with van der Waals surface area (Å²) >= 11 is 0. The molecule has 0 aliphatic rings. The van der Waals surface area contributed by atoms with Crippen LogP contribution in [0.25, 0.3) is 0 Å². The minimum Gasteiger partial charge on any atom is -0.171 e. The summed E-state index contributed by atoms with van der Waals surface area (Å²) in [5.74, 6) is -10.6. The third-order valence-corrected chi connectivity index (χ3v) is 19.6. The van der Waals surface area contributed by atoms with Gasteiger partial charge in [-0.05, 0) is 65.6 Å². The van der Waals surface area contributed by atoms with Crippen LogP contribution in [0, 0.1) is 86.3 Å². The molecular formula is C73H130F36. The normalized spacial score (nSPS) is 15.2. The van der Waals surface area contributed by atoms with E-state index < -0.39 is 163 Å². The largest absolute Gasteiger partial charge is 0.400 e. The Labute approximate surface area is 626 Å². The zero-order valence-corrected chi connectivity index (χ0v) is 68.6. The first-order chi connectivity index (χ1) is 47.3. The van der Waals surface area contributed by atoms with Crippen LogP contribution in [0.2, 0.25) is 0 Å². The zero-order valence-electron chi connectivity index (χ0n) is 68.6. The number of alkyl halides is 36. The quantitative estimate of drug-likeness (QED) is 0.0948. The molecule has 0 aromatic carbocycles. The number of rotatable bonds is 22. The van der Waals surface area contributed by atoms with Gasteiger partial charge in [0.1, 0.15) is 0 Å². The number of hydrogen-bond acceptors (Lipinski definition) is 0. The number of halogens is 36. The van der Waals surface area contributed by atoms with E-state index in [-0.39, 0.29) is 42.4 Å². The average Bonchev–Trinajstić information content (AvgIpc) is 0.791. The van der Waals surface area contributed by atoms with E-state index in [9.17, 15) is 158 Å². The highest BCUT2D eigenvalue weighted by atomic mass is 19.5. The fourth-order valence-corrected chi connectivity index (χ4v) is 7.69. The van der Waals surface area contributed by atoms with Gasteiger partial charge in [0, 0.05) is 19.3 Å². The predicted molar refractivity (Wildman–Crippen MR) is 362 cm³/mol. The smallest absolute Gasteiger partial charge is 0.171 e. The highest BCUT2D eigenvalue weighted by molar-refractivity contribution is 4.88. The van der Waals surface area contributed by atoms with Crippen LogP contribution in [0.3, 0.4) is 0 Å². The SMILES string of the molecule is CC(C)(C)C(C)(C)C(F)(F)F.CC(C)C(C)(C)C(F)(F)F.CCC(C)(CC)CC(F)(F)F.CCC(C)[C@@H](C)C(F)(F)F.CCC(CC)CC(F)(F)F.CCCC(C)(C)C(F)(F)F.CCCCC(C(F)(F)F)C(F)(F)F.CCC[C@H](C)CC(F)(F)F.CC[C@@H](C)CC(C(F)(F)F)C(F)(F)F.CC[C@H](C)C(C)C(F)(F)F. The summed E-state index contributed by atoms with van der Waals surface area (Å²) in [6.45, 7) is 43.2. The molecule has 0 amide bonds. The monoisotopic (exact) mass is 1690 g/mol. The highest BCUT2D eigenvalue weighted by Gasteiger charge is 2.58. The van der Waals surface area contributed by atoms with Crippen molar-refractivity contribution >= 4 is 0 Å². The van der Waals surface area contributed by atoms with E-state index in [1.807, 2.05) is 6.92 Å². The Hall–Kier alpha value is -2.52. The van der Waals surface area contributed by atoms with Crippen LogP contribution in [0.4, 0.5) is 158 Å². The van der Waals surface area contributed by atoms with E-state index in [4.69, 9.17) is 0 Å². The molecule has 6 atom stereocenters. The van der Waals surface area contributed by atoms with Crippen LogP contribution in [0.5, 0.6) is 0 Å². The Balaban J connectivity index is -0.000000125. The van der Waals surface area contributed by atoms with Crippen LogP contribution in [-0.2, 0) is 0 Å². The molecule has 0 bridgehead atoms. The van der Waals surface area contributed by atoms with Crippen molar-refractivity contribution in [2.24, 2.45) is 86.3 Å². The Morgan fingerprint density at radius 2 is 0.615 bits per heavy atom. The molecule has 0 fully saturated rings. The first-order valence-corrected chi connectivity index (χ1v) is 36.1. The zero-order chi connectivity index (χ0) is 91.0. The van der Waals surface area contributed by atoms with Crippen LogP contribution < -0.4 is 0 Å². The lowest BCUT2D eigenvalue weighted by atomic mass is 9.69. The molecule has 0 aromatic heterocycles. The molecule has 0 rings (SSSR count). The summed E-state index contributed by atoms with van der Waals surface area (Å²) < 4.78 is 429. The Kier molecular flexibility index (Phi) is 61.8. The molecule has 0 nitrogen and oxygen atoms in total. The van der Waals surface area contributed by atoms with Crippen molar-refractivity contribution in [2.45, 2.75) is 384 Å². The van der Waals surface area contributed by atoms with E-state index in [2.05, 4.69) is 0 Å². The predicted octanol–water partition coefficient (Wildman–Crippen LogP) is 35.3. The number of unbranched alkanes of at least 4 members (excludes halogenated alkanes) is 1. The van der Waals surface area contributed by atoms with E-state index in [0.29, 0.717) is 64.2 Å². The Morgan fingerprint density at radius 3 is 0.734 bits per heavy atom. The van der Waals surface area contributed by atoms with Gasteiger partial charge in [-0.15, -0.1) is 0 Å². The Morgan fingerprint density at radius 1 is 0.294 bits per heavy atom. The maximum Gasteiger partial charge on any atom is 0.400 e. The molecule has 109 heavy (non-hydrogen) atoms. The van der Waals surface area contributed by atoms with Crippen molar-refractivity contribution in [2.75, 3.05) is 0 Å². The second-order valence-corrected chi connectivity index (χ2v) is 31.0. The maximum atomic E-state index is 12.3. The lowest BCUT2D eigenvalue weighted by molar-refractivity contribution is -0.288. The molecule has 36 heteroatoms. The van der Waals surface area contributed by atoms with Gasteiger partial charge in [-0.2, -0.15) is 158 Å². The molecule has 0 radical (unpaired) electrons. The van der Waals surface area contributed by atoms with Crippen LogP contribution in [0.15, 0.2) is 0 Å². The van der Waals surface area contributed by atoms with Crippen molar-refractivity contribution in [3.63, 3.8) is 0 Å². The second-order valence-electron chi connectivity index (χ2n) is 31.0. The van der Waals surface area contributed by atoms with Gasteiger partial charge in [-0.1, -0.05) is 271 Å². The molecular weight excluding hydrogens is 1560 g/mol. The van der Waals surface area contributed by atoms with E-state index in [1.165, 1.54) is 62.3 Å². The summed E-state index contributed by atoms with van der Waals surface area (Å²) in [6, 6.07) is 0. The minimum absolute atomic E-state index is 0.0658. The first kappa shape index (κ1) is 127. The van der Waals surface area contributed by atoms with Gasteiger partial charge < -0.3 is 0 Å². The molecule has 0 aliphatic heterocycles. The van der Waals surface area contributed by atoms with E-state index >= 15 is 0 Å². The standard InChI is InChI=1S/C8H12F6.2C8H15F3.C7H10F6.6C7H13F3/c1-3-5(2)4-6(7(9,10)11)8(12,13)14;1-6(2,3)7(4,5)8(9,10)11;1-4-7(3,5-2)6-8(9,10)11;1-2-3-4-5(6(8,9)10)7(11,12)13;1-5(2)6(3,4)7(8,9)10;1-4-5-6(2,3)7(8,9)10;2*1-4-5(2)6(3)7(8,9)10;1-3-4-6(2)5-7(8,9)10;1-3-6(4-2)5-7(8,9)10/h5-6H,3-4H2,1-2H3;1-5H3;4-6H2,1-3H3;5H,2-4H2,1H3;5H,1-4H3;4-5H2,1-3H3;2*5-6H,4H2,1-3H3;2*6H,3-5H2,1-2H3/t5-;;;;;;5?,6-;5-,6?;6-;/m1.....100./s1. The lowest BCUT2D eigenvalue weighted by Gasteiger charge is -2.40. The molecule has 674 valence electrons. The maximum absolute atomic E-state index is 12.3. The first-order valence-electron chi connectivity index (χ1n) is 36.1. The summed E-state index contributed by atoms with van der Waals surface area (Å²) in [7, 11) is 0. The van der Waals surface area contributed by atoms with E-state index in [0.717, 1.165) is 6.42 Å². The summed E-state index contributed by atoms with van der Waals surface area (Å²) in [5.41, 5.74) is -6.00. The Bertz CT molecular complexity index is 2050. The summed E-state index contributed by atoms with van der Waals surface area (Å²) in [5, 5.41) is 0. The van der Waals surface area contributed by atoms with Crippen LogP contribution >= 0.6 is 0 Å². The molecule has 0 aromatic rings. The van der Waals surface area contributed by atoms with Gasteiger partial charge in [-0.3, -0.25) is 0 Å². The van der Waals surface area contributed by atoms with Gasteiger partial charge in [0.15, 0.2) is 11.8 Å². The van der Waals surface area contributed by atoms with Crippen molar-refractivity contribution in [3.8, 4) is 0 Å². The fourth-order valence-electron chi connectivity index (χ4n) is 7.69. The molecule has 0 N–H and O–H groups in total. The van der Waals surface area contributed by atoms with Crippen molar-refractivity contribution in [3.05, 3.63) is 0 Å². The highest BCUT2D eigenvalue weighted by Crippen LogP contribution is 2.51. The molecule has 0 aliphatic carbocycles. The lowest BCUT2D eigenvalue weighted by Crippen LogP contribution is -2.43. The van der Waals surface area contributed by atoms with Gasteiger partial charge in [0.2, 0.25) is 0 Å². The van der Waals surface area contributed by atoms with Gasteiger partial charge in [-0.25, -0.2) is 0 Å². The fraction of sp³-hybridized carbons (Fsp3) is 1.00. The topological polar surface area (TPSA) is 0 Å². The van der Waals surface area contributed by atoms with Crippen molar-refractivity contribution in [1.82, 2.24) is 0 Å². The summed E-state index contributed by atoms with van der Waals surface area (Å²) in [6.07, 6.45) is -50.2. The minimum atomic E-state index is -5.19. The van der Waals surface area contributed by atoms with E-state index in [1.54, 1.807) is 125 Å². The van der Waals surface area contributed by atoms with Crippen LogP contribution in [0.1, 0.15) is 309 Å². The molecule has 0 heterocycles.